The molecule has 0 N–H and O–H groups in total. The van der Waals surface area contributed by atoms with Crippen LogP contribution in [-0.4, -0.2) is 7.11 Å². The summed E-state index contributed by atoms with van der Waals surface area (Å²) in [4.78, 5) is 0. The molecule has 21 heavy (non-hydrogen) atoms. The number of ether oxygens (including phenoxy) is 1. The monoisotopic (exact) mass is 274 g/mol. The largest absolute Gasteiger partial charge is 0.376 e. The quantitative estimate of drug-likeness (QED) is 0.765. The molecule has 0 aliphatic rings. The van der Waals surface area contributed by atoms with E-state index in [9.17, 15) is 0 Å². The first kappa shape index (κ1) is 14.9. The Morgan fingerprint density at radius 2 is 1.76 bits per heavy atom. The zero-order valence-electron chi connectivity index (χ0n) is 12.4. The Balaban J connectivity index is 2.33. The van der Waals surface area contributed by atoms with Gasteiger partial charge in [-0.15, -0.1) is 12.3 Å². The third-order valence-corrected chi connectivity index (χ3v) is 3.29. The Labute approximate surface area is 127 Å². The van der Waals surface area contributed by atoms with E-state index in [1.807, 2.05) is 36.4 Å². The number of hydrogen-bond acceptors (Lipinski definition) is 1. The molecule has 1 atom stereocenters. The smallest absolute Gasteiger partial charge is 0.0942 e. The van der Waals surface area contributed by atoms with Crippen LogP contribution < -0.4 is 0 Å². The van der Waals surface area contributed by atoms with Crippen molar-refractivity contribution in [3.8, 4) is 24.2 Å². The second-order valence-electron chi connectivity index (χ2n) is 4.84. The summed E-state index contributed by atoms with van der Waals surface area (Å²) >= 11 is 0. The fourth-order valence-corrected chi connectivity index (χ4v) is 2.10. The molecule has 0 amide bonds. The van der Waals surface area contributed by atoms with Gasteiger partial charge in [-0.25, -0.2) is 0 Å². The van der Waals surface area contributed by atoms with E-state index in [4.69, 9.17) is 11.2 Å². The summed E-state index contributed by atoms with van der Waals surface area (Å²) in [7, 11) is 1.67. The Bertz CT molecular complexity index is 693. The summed E-state index contributed by atoms with van der Waals surface area (Å²) < 4.78 is 5.47. The zero-order chi connectivity index (χ0) is 15.1. The molecule has 1 heteroatoms. The molecule has 0 saturated heterocycles. The minimum atomic E-state index is -0.112. The highest BCUT2D eigenvalue weighted by molar-refractivity contribution is 5.47. The van der Waals surface area contributed by atoms with E-state index < -0.39 is 0 Å². The maximum atomic E-state index is 5.47. The Hall–Kier alpha value is -2.48. The molecule has 0 aliphatic heterocycles. The van der Waals surface area contributed by atoms with Crippen LogP contribution in [-0.2, 0) is 4.74 Å². The normalized spacial score (nSPS) is 11.1. The Morgan fingerprint density at radius 3 is 2.43 bits per heavy atom. The van der Waals surface area contributed by atoms with E-state index in [0.29, 0.717) is 6.42 Å². The molecular formula is C20H18O. The van der Waals surface area contributed by atoms with Crippen molar-refractivity contribution in [1.29, 1.82) is 0 Å². The molecule has 104 valence electrons. The van der Waals surface area contributed by atoms with Crippen LogP contribution in [0, 0.1) is 31.1 Å². The molecule has 0 fully saturated rings. The van der Waals surface area contributed by atoms with Gasteiger partial charge < -0.3 is 4.74 Å². The summed E-state index contributed by atoms with van der Waals surface area (Å²) in [6.45, 7) is 2.06. The molecule has 2 aromatic rings. The maximum Gasteiger partial charge on any atom is 0.0942 e. The number of aryl methyl sites for hydroxylation is 1. The van der Waals surface area contributed by atoms with Crippen LogP contribution in [0.5, 0.6) is 0 Å². The van der Waals surface area contributed by atoms with Crippen molar-refractivity contribution in [2.24, 2.45) is 0 Å². The predicted octanol–water partition coefficient (Wildman–Crippen LogP) is 4.11. The number of hydrogen-bond donors (Lipinski definition) is 0. The van der Waals surface area contributed by atoms with Crippen molar-refractivity contribution >= 4 is 0 Å². The van der Waals surface area contributed by atoms with E-state index in [-0.39, 0.29) is 6.10 Å². The third kappa shape index (κ3) is 3.99. The molecule has 0 aliphatic carbocycles. The first-order chi connectivity index (χ1) is 10.2. The van der Waals surface area contributed by atoms with E-state index in [2.05, 4.69) is 36.8 Å². The van der Waals surface area contributed by atoms with E-state index in [0.717, 1.165) is 16.7 Å². The minimum Gasteiger partial charge on any atom is -0.376 e. The number of rotatable bonds is 3. The molecule has 2 aromatic carbocycles. The highest BCUT2D eigenvalue weighted by Crippen LogP contribution is 2.23. The van der Waals surface area contributed by atoms with Gasteiger partial charge in [0.15, 0.2) is 0 Å². The Kier molecular flexibility index (Phi) is 5.22. The van der Waals surface area contributed by atoms with Crippen molar-refractivity contribution in [3.05, 3.63) is 70.8 Å². The first-order valence-corrected chi connectivity index (χ1v) is 6.88. The average Bonchev–Trinajstić information content (AvgIpc) is 2.52. The van der Waals surface area contributed by atoms with Gasteiger partial charge in [0.1, 0.15) is 0 Å². The number of benzene rings is 2. The molecule has 0 saturated carbocycles. The SMILES string of the molecule is C#CCC(OC)c1ccccc1C#Cc1ccc(C)cc1. The molecule has 0 heterocycles. The standard InChI is InChI=1S/C20H18O/c1-4-7-20(21-3)19-9-6-5-8-18(19)15-14-17-12-10-16(2)11-13-17/h1,5-6,8-13,20H,7H2,2-3H3. The van der Waals surface area contributed by atoms with Gasteiger partial charge in [0.2, 0.25) is 0 Å². The number of terminal acetylenes is 1. The van der Waals surface area contributed by atoms with Crippen LogP contribution in [0.1, 0.15) is 34.8 Å². The highest BCUT2D eigenvalue weighted by Gasteiger charge is 2.11. The van der Waals surface area contributed by atoms with Gasteiger partial charge in [0.05, 0.1) is 6.10 Å². The fourth-order valence-electron chi connectivity index (χ4n) is 2.10. The molecule has 1 unspecified atom stereocenters. The molecular weight excluding hydrogens is 256 g/mol. The molecule has 1 nitrogen and oxygen atoms in total. The van der Waals surface area contributed by atoms with Gasteiger partial charge in [-0.2, -0.15) is 0 Å². The van der Waals surface area contributed by atoms with Gasteiger partial charge in [0.25, 0.3) is 0 Å². The summed E-state index contributed by atoms with van der Waals surface area (Å²) in [5, 5.41) is 0. The van der Waals surface area contributed by atoms with Gasteiger partial charge in [-0.1, -0.05) is 47.7 Å². The molecule has 0 aromatic heterocycles. The first-order valence-electron chi connectivity index (χ1n) is 6.88. The van der Waals surface area contributed by atoms with Crippen LogP contribution in [0.15, 0.2) is 48.5 Å². The second kappa shape index (κ2) is 7.34. The zero-order valence-corrected chi connectivity index (χ0v) is 12.4. The molecule has 0 spiro atoms. The van der Waals surface area contributed by atoms with Gasteiger partial charge in [-0.05, 0) is 30.7 Å². The van der Waals surface area contributed by atoms with Crippen LogP contribution in [0.4, 0.5) is 0 Å². The predicted molar refractivity (Wildman–Crippen MR) is 86.8 cm³/mol. The van der Waals surface area contributed by atoms with Crippen LogP contribution in [0.3, 0.4) is 0 Å². The van der Waals surface area contributed by atoms with E-state index >= 15 is 0 Å². The van der Waals surface area contributed by atoms with Crippen molar-refractivity contribution in [2.45, 2.75) is 19.4 Å². The average molecular weight is 274 g/mol. The summed E-state index contributed by atoms with van der Waals surface area (Å²) in [6.07, 6.45) is 5.83. The summed E-state index contributed by atoms with van der Waals surface area (Å²) in [5.74, 6) is 9.07. The van der Waals surface area contributed by atoms with Crippen molar-refractivity contribution < 1.29 is 4.74 Å². The van der Waals surface area contributed by atoms with Crippen molar-refractivity contribution in [3.63, 3.8) is 0 Å². The van der Waals surface area contributed by atoms with Gasteiger partial charge in [0, 0.05) is 24.7 Å². The topological polar surface area (TPSA) is 9.23 Å². The Morgan fingerprint density at radius 1 is 1.05 bits per heavy atom. The number of methoxy groups -OCH3 is 1. The van der Waals surface area contributed by atoms with Crippen LogP contribution >= 0.6 is 0 Å². The highest BCUT2D eigenvalue weighted by atomic mass is 16.5. The van der Waals surface area contributed by atoms with Crippen molar-refractivity contribution in [1.82, 2.24) is 0 Å². The van der Waals surface area contributed by atoms with Crippen molar-refractivity contribution in [2.75, 3.05) is 7.11 Å². The van der Waals surface area contributed by atoms with Crippen LogP contribution in [0.25, 0.3) is 0 Å². The third-order valence-electron chi connectivity index (χ3n) is 3.29. The maximum absolute atomic E-state index is 5.47. The lowest BCUT2D eigenvalue weighted by molar-refractivity contribution is 0.107. The van der Waals surface area contributed by atoms with Gasteiger partial charge >= 0.3 is 0 Å². The fraction of sp³-hybridized carbons (Fsp3) is 0.200. The molecule has 2 rings (SSSR count). The van der Waals surface area contributed by atoms with Crippen LogP contribution in [0.2, 0.25) is 0 Å². The minimum absolute atomic E-state index is 0.112. The lowest BCUT2D eigenvalue weighted by Gasteiger charge is -2.14. The van der Waals surface area contributed by atoms with E-state index in [1.165, 1.54) is 5.56 Å². The second-order valence-corrected chi connectivity index (χ2v) is 4.84. The summed E-state index contributed by atoms with van der Waals surface area (Å²) in [6, 6.07) is 16.2. The lowest BCUT2D eigenvalue weighted by atomic mass is 10.00. The lowest BCUT2D eigenvalue weighted by Crippen LogP contribution is -2.02. The molecule has 0 radical (unpaired) electrons. The van der Waals surface area contributed by atoms with Gasteiger partial charge in [-0.3, -0.25) is 0 Å². The summed E-state index contributed by atoms with van der Waals surface area (Å²) in [5.41, 5.74) is 4.23. The molecule has 0 bridgehead atoms. The van der Waals surface area contributed by atoms with E-state index in [1.54, 1.807) is 7.11 Å².